The second-order valence-corrected chi connectivity index (χ2v) is 9.43. The highest BCUT2D eigenvalue weighted by atomic mass is 32.2. The van der Waals surface area contributed by atoms with Gasteiger partial charge in [0.15, 0.2) is 0 Å². The third-order valence-electron chi connectivity index (χ3n) is 4.19. The first kappa shape index (κ1) is 22.3. The molecule has 0 spiro atoms. The fourth-order valence-electron chi connectivity index (χ4n) is 2.78. The second kappa shape index (κ2) is 9.62. The van der Waals surface area contributed by atoms with E-state index in [0.29, 0.717) is 10.1 Å². The highest BCUT2D eigenvalue weighted by Gasteiger charge is 2.20. The van der Waals surface area contributed by atoms with Crippen molar-refractivity contribution in [3.63, 3.8) is 0 Å². The molecular formula is C19H19N5O5S2. The number of hydrogen-bond donors (Lipinski definition) is 1. The van der Waals surface area contributed by atoms with E-state index in [4.69, 9.17) is 0 Å². The Morgan fingerprint density at radius 2 is 1.90 bits per heavy atom. The Hall–Kier alpha value is -3.38. The van der Waals surface area contributed by atoms with Gasteiger partial charge in [0.2, 0.25) is 21.1 Å². The predicted molar refractivity (Wildman–Crippen MR) is 118 cm³/mol. The molecule has 0 aliphatic rings. The van der Waals surface area contributed by atoms with E-state index >= 15 is 0 Å². The zero-order valence-electron chi connectivity index (χ0n) is 16.5. The fourth-order valence-corrected chi connectivity index (χ4v) is 4.51. The first-order chi connectivity index (χ1) is 14.7. The highest BCUT2D eigenvalue weighted by Crippen LogP contribution is 2.26. The Morgan fingerprint density at radius 3 is 2.58 bits per heavy atom. The summed E-state index contributed by atoms with van der Waals surface area (Å²) in [5.74, 6) is -0.330. The van der Waals surface area contributed by atoms with Gasteiger partial charge in [-0.25, -0.2) is 8.42 Å². The van der Waals surface area contributed by atoms with Crippen LogP contribution in [0.3, 0.4) is 0 Å². The molecule has 0 saturated carbocycles. The van der Waals surface area contributed by atoms with E-state index in [0.717, 1.165) is 16.1 Å². The minimum absolute atomic E-state index is 0.00119. The zero-order valence-corrected chi connectivity index (χ0v) is 18.1. The van der Waals surface area contributed by atoms with Crippen LogP contribution in [0.15, 0.2) is 54.6 Å². The van der Waals surface area contributed by atoms with Crippen molar-refractivity contribution >= 4 is 43.8 Å². The van der Waals surface area contributed by atoms with Crippen molar-refractivity contribution in [3.05, 3.63) is 64.7 Å². The van der Waals surface area contributed by atoms with Gasteiger partial charge >= 0.3 is 0 Å². The molecule has 2 aromatic carbocycles. The van der Waals surface area contributed by atoms with Gasteiger partial charge in [-0.3, -0.25) is 19.2 Å². The van der Waals surface area contributed by atoms with Gasteiger partial charge in [-0.1, -0.05) is 47.7 Å². The van der Waals surface area contributed by atoms with Gasteiger partial charge in [-0.15, -0.1) is 10.2 Å². The van der Waals surface area contributed by atoms with Crippen LogP contribution >= 0.6 is 11.3 Å². The van der Waals surface area contributed by atoms with Crippen LogP contribution in [0.1, 0.15) is 12.8 Å². The van der Waals surface area contributed by atoms with E-state index in [9.17, 15) is 23.3 Å². The number of benzene rings is 2. The van der Waals surface area contributed by atoms with E-state index in [1.54, 1.807) is 0 Å². The molecule has 10 nitrogen and oxygen atoms in total. The van der Waals surface area contributed by atoms with Crippen molar-refractivity contribution in [3.8, 4) is 10.6 Å². The number of sulfonamides is 1. The lowest BCUT2D eigenvalue weighted by Gasteiger charge is -2.22. The largest absolute Gasteiger partial charge is 0.301 e. The maximum Gasteiger partial charge on any atom is 0.271 e. The molecule has 0 fully saturated rings. The van der Waals surface area contributed by atoms with Crippen molar-refractivity contribution in [1.82, 2.24) is 10.2 Å². The summed E-state index contributed by atoms with van der Waals surface area (Å²) in [4.78, 5) is 22.6. The normalized spacial score (nSPS) is 11.1. The number of carbonyl (C=O) groups excluding carboxylic acids is 1. The van der Waals surface area contributed by atoms with Crippen LogP contribution in [0.2, 0.25) is 0 Å². The van der Waals surface area contributed by atoms with Crippen molar-refractivity contribution in [2.24, 2.45) is 0 Å². The molecule has 0 radical (unpaired) electrons. The van der Waals surface area contributed by atoms with Gasteiger partial charge < -0.3 is 5.32 Å². The van der Waals surface area contributed by atoms with Crippen LogP contribution in [-0.4, -0.2) is 42.2 Å². The third-order valence-corrected chi connectivity index (χ3v) is 6.27. The van der Waals surface area contributed by atoms with Crippen molar-refractivity contribution in [2.75, 3.05) is 22.4 Å². The summed E-state index contributed by atoms with van der Waals surface area (Å²) in [6.45, 7) is -0.00119. The Balaban J connectivity index is 1.60. The standard InChI is InChI=1S/C19H19N5O5S2/c1-31(28,29)23(15-9-5-10-16(13-15)24(26)27)12-6-11-17(25)20-19-22-21-18(30-19)14-7-3-2-4-8-14/h2-5,7-10,13H,6,11-12H2,1H3,(H,20,22,25). The van der Waals surface area contributed by atoms with Crippen LogP contribution < -0.4 is 9.62 Å². The van der Waals surface area contributed by atoms with Crippen LogP contribution in [0.4, 0.5) is 16.5 Å². The summed E-state index contributed by atoms with van der Waals surface area (Å²) in [7, 11) is -3.69. The summed E-state index contributed by atoms with van der Waals surface area (Å²) in [5.41, 5.74) is 0.851. The summed E-state index contributed by atoms with van der Waals surface area (Å²) in [6, 6.07) is 14.8. The maximum atomic E-state index is 12.2. The molecule has 31 heavy (non-hydrogen) atoms. The molecule has 3 rings (SSSR count). The molecule has 0 saturated heterocycles. The summed E-state index contributed by atoms with van der Waals surface area (Å²) >= 11 is 1.24. The number of non-ortho nitro benzene ring substituents is 1. The van der Waals surface area contributed by atoms with Crippen molar-refractivity contribution in [1.29, 1.82) is 0 Å². The van der Waals surface area contributed by atoms with E-state index in [-0.39, 0.29) is 36.7 Å². The SMILES string of the molecule is CS(=O)(=O)N(CCCC(=O)Nc1nnc(-c2ccccc2)s1)c1cccc([N+](=O)[O-])c1. The summed E-state index contributed by atoms with van der Waals surface area (Å²) in [6.07, 6.45) is 1.27. The number of aromatic nitrogens is 2. The number of rotatable bonds is 9. The molecule has 0 unspecified atom stereocenters. The van der Waals surface area contributed by atoms with Gasteiger partial charge in [0, 0.05) is 30.7 Å². The van der Waals surface area contributed by atoms with Crippen LogP contribution in [-0.2, 0) is 14.8 Å². The van der Waals surface area contributed by atoms with Gasteiger partial charge in [-0.2, -0.15) is 0 Å². The lowest BCUT2D eigenvalue weighted by molar-refractivity contribution is -0.384. The van der Waals surface area contributed by atoms with Gasteiger partial charge in [-0.05, 0) is 12.5 Å². The van der Waals surface area contributed by atoms with E-state index in [1.807, 2.05) is 30.3 Å². The minimum atomic E-state index is -3.69. The fraction of sp³-hybridized carbons (Fsp3) is 0.211. The maximum absolute atomic E-state index is 12.2. The smallest absolute Gasteiger partial charge is 0.271 e. The Morgan fingerprint density at radius 1 is 1.16 bits per heavy atom. The Bertz CT molecular complexity index is 1180. The van der Waals surface area contributed by atoms with Gasteiger partial charge in [0.25, 0.3) is 5.69 Å². The molecule has 3 aromatic rings. The van der Waals surface area contributed by atoms with E-state index in [2.05, 4.69) is 15.5 Å². The molecule has 0 atom stereocenters. The number of hydrogen-bond acceptors (Lipinski definition) is 8. The molecule has 0 bridgehead atoms. The lowest BCUT2D eigenvalue weighted by atomic mass is 10.2. The van der Waals surface area contributed by atoms with Gasteiger partial charge in [0.1, 0.15) is 5.01 Å². The second-order valence-electron chi connectivity index (χ2n) is 6.54. The number of nitro benzene ring substituents is 1. The van der Waals surface area contributed by atoms with Crippen molar-refractivity contribution in [2.45, 2.75) is 12.8 Å². The molecule has 1 N–H and O–H groups in total. The molecule has 1 amide bonds. The summed E-state index contributed by atoms with van der Waals surface area (Å²) < 4.78 is 25.4. The number of amides is 1. The molecule has 0 aliphatic carbocycles. The molecule has 162 valence electrons. The first-order valence-electron chi connectivity index (χ1n) is 9.15. The summed E-state index contributed by atoms with van der Waals surface area (Å²) in [5, 5.41) is 22.7. The average Bonchev–Trinajstić information content (AvgIpc) is 3.19. The van der Waals surface area contributed by atoms with Crippen molar-refractivity contribution < 1.29 is 18.1 Å². The van der Waals surface area contributed by atoms with Gasteiger partial charge in [0.05, 0.1) is 16.9 Å². The Kier molecular flexibility index (Phi) is 6.92. The highest BCUT2D eigenvalue weighted by molar-refractivity contribution is 7.92. The molecule has 1 heterocycles. The van der Waals surface area contributed by atoms with Crippen LogP contribution in [0.5, 0.6) is 0 Å². The average molecular weight is 462 g/mol. The quantitative estimate of drug-likeness (QED) is 0.381. The van der Waals surface area contributed by atoms with Crippen LogP contribution in [0, 0.1) is 10.1 Å². The molecular weight excluding hydrogens is 442 g/mol. The number of anilines is 2. The first-order valence-corrected chi connectivity index (χ1v) is 11.8. The predicted octanol–water partition coefficient (Wildman–Crippen LogP) is 3.30. The third kappa shape index (κ3) is 6.06. The molecule has 12 heteroatoms. The van der Waals surface area contributed by atoms with Crippen LogP contribution in [0.25, 0.3) is 10.6 Å². The molecule has 1 aromatic heterocycles. The van der Waals surface area contributed by atoms with E-state index in [1.165, 1.54) is 35.6 Å². The topological polar surface area (TPSA) is 135 Å². The number of carbonyl (C=O) groups is 1. The lowest BCUT2D eigenvalue weighted by Crippen LogP contribution is -2.31. The van der Waals surface area contributed by atoms with E-state index < -0.39 is 14.9 Å². The molecule has 0 aliphatic heterocycles. The number of nitrogens with one attached hydrogen (secondary N) is 1. The number of nitro groups is 1. The minimum Gasteiger partial charge on any atom is -0.301 e. The monoisotopic (exact) mass is 461 g/mol. The Labute approximate surface area is 182 Å². The zero-order chi connectivity index (χ0) is 22.4. The number of nitrogens with zero attached hydrogens (tertiary/aromatic N) is 4.